The van der Waals surface area contributed by atoms with Crippen molar-refractivity contribution in [1.29, 1.82) is 0 Å². The topological polar surface area (TPSA) is 98.7 Å². The summed E-state index contributed by atoms with van der Waals surface area (Å²) in [5, 5.41) is 16.7. The third kappa shape index (κ3) is 4.13. The van der Waals surface area contributed by atoms with Gasteiger partial charge in [-0.15, -0.1) is 0 Å². The number of nitrogens with zero attached hydrogens (tertiary/aromatic N) is 1. The molecule has 3 N–H and O–H groups in total. The number of nitrogens with one attached hydrogen (secondary N) is 2. The Labute approximate surface area is 170 Å². The number of benzene rings is 1. The van der Waals surface area contributed by atoms with Gasteiger partial charge in [0.05, 0.1) is 11.3 Å². The lowest BCUT2D eigenvalue weighted by Crippen LogP contribution is -2.41. The molecule has 3 rings (SSSR count). The minimum Gasteiger partial charge on any atom is -0.505 e. The molecule has 7 nitrogen and oxygen atoms in total. The average molecular weight is 399 g/mol. The highest BCUT2D eigenvalue weighted by Gasteiger charge is 2.29. The van der Waals surface area contributed by atoms with Crippen LogP contribution < -0.4 is 21.5 Å². The van der Waals surface area contributed by atoms with E-state index in [0.717, 1.165) is 32.1 Å². The van der Waals surface area contributed by atoms with Gasteiger partial charge in [0, 0.05) is 20.1 Å². The van der Waals surface area contributed by atoms with Crippen molar-refractivity contribution in [3.63, 3.8) is 0 Å². The normalized spacial score (nSPS) is 19.1. The predicted octanol–water partition coefficient (Wildman–Crippen LogP) is 3.20. The minimum atomic E-state index is -0.612. The van der Waals surface area contributed by atoms with Crippen molar-refractivity contribution in [2.45, 2.75) is 51.5 Å². The summed E-state index contributed by atoms with van der Waals surface area (Å²) in [5.41, 5.74) is -0.357. The van der Waals surface area contributed by atoms with Crippen LogP contribution in [0.1, 0.15) is 55.8 Å². The van der Waals surface area contributed by atoms with Crippen LogP contribution in [-0.4, -0.2) is 36.1 Å². The Balaban J connectivity index is 1.85. The number of anilines is 3. The summed E-state index contributed by atoms with van der Waals surface area (Å²) in [7, 11) is 3.19. The Morgan fingerprint density at radius 3 is 2.52 bits per heavy atom. The number of para-hydroxylation sites is 1. The molecule has 0 aliphatic heterocycles. The molecule has 1 aliphatic carbocycles. The molecule has 29 heavy (non-hydrogen) atoms. The van der Waals surface area contributed by atoms with E-state index in [1.54, 1.807) is 26.2 Å². The van der Waals surface area contributed by atoms with Crippen LogP contribution >= 0.6 is 0 Å². The first kappa shape index (κ1) is 20.9. The predicted molar refractivity (Wildman–Crippen MR) is 115 cm³/mol. The highest BCUT2D eigenvalue weighted by Crippen LogP contribution is 2.34. The molecule has 156 valence electrons. The quantitative estimate of drug-likeness (QED) is 0.488. The molecule has 0 saturated heterocycles. The molecule has 0 unspecified atom stereocenters. The van der Waals surface area contributed by atoms with E-state index >= 15 is 0 Å². The minimum absolute atomic E-state index is 0.128. The number of hydrogen-bond donors (Lipinski definition) is 3. The Kier molecular flexibility index (Phi) is 6.25. The first-order valence-electron chi connectivity index (χ1n) is 10.3. The standard InChI is InChI=1S/C22H29N3O4/c1-4-8-13-9-5-6-11-15(13)23-17-18(21(28)20(17)27)24-16-12-7-10-14(19(16)26)22(29)25(2)3/h7,10,12-13,15,23-24,26H,4-6,8-9,11H2,1-3H3/t13-,15-/m1/s1. The van der Waals surface area contributed by atoms with Crippen LogP contribution in [0.2, 0.25) is 0 Å². The van der Waals surface area contributed by atoms with E-state index in [9.17, 15) is 19.5 Å². The zero-order chi connectivity index (χ0) is 21.1. The SMILES string of the molecule is CCC[C@@H]1CCCC[C@H]1Nc1c(Nc2cccc(C(=O)N(C)C)c2O)c(=O)c1=O. The van der Waals surface area contributed by atoms with Gasteiger partial charge in [0.15, 0.2) is 5.75 Å². The maximum absolute atomic E-state index is 12.2. The lowest BCUT2D eigenvalue weighted by molar-refractivity contribution is 0.0824. The van der Waals surface area contributed by atoms with Crippen LogP contribution in [0.15, 0.2) is 27.8 Å². The van der Waals surface area contributed by atoms with Crippen molar-refractivity contribution in [1.82, 2.24) is 4.90 Å². The van der Waals surface area contributed by atoms with Crippen LogP contribution in [0.4, 0.5) is 17.1 Å². The lowest BCUT2D eigenvalue weighted by atomic mass is 9.81. The van der Waals surface area contributed by atoms with E-state index in [1.807, 2.05) is 0 Å². The molecule has 0 aromatic heterocycles. The number of carbonyl (C=O) groups excluding carboxylic acids is 1. The molecule has 0 heterocycles. The van der Waals surface area contributed by atoms with E-state index < -0.39 is 10.9 Å². The number of phenols is 1. The van der Waals surface area contributed by atoms with Gasteiger partial charge in [-0.25, -0.2) is 0 Å². The number of amides is 1. The Bertz CT molecular complexity index is 958. The van der Waals surface area contributed by atoms with Crippen molar-refractivity contribution in [3.05, 3.63) is 44.2 Å². The van der Waals surface area contributed by atoms with Crippen molar-refractivity contribution >= 4 is 23.0 Å². The largest absolute Gasteiger partial charge is 0.505 e. The van der Waals surface area contributed by atoms with E-state index in [1.165, 1.54) is 17.4 Å². The smallest absolute Gasteiger partial charge is 0.257 e. The third-order valence-electron chi connectivity index (χ3n) is 5.74. The van der Waals surface area contributed by atoms with E-state index in [4.69, 9.17) is 0 Å². The van der Waals surface area contributed by atoms with Gasteiger partial charge in [-0.1, -0.05) is 32.3 Å². The van der Waals surface area contributed by atoms with E-state index in [0.29, 0.717) is 5.92 Å². The second kappa shape index (κ2) is 8.68. The number of aromatic hydroxyl groups is 1. The summed E-state index contributed by atoms with van der Waals surface area (Å²) in [6.45, 7) is 2.15. The summed E-state index contributed by atoms with van der Waals surface area (Å²) in [4.78, 5) is 38.0. The molecule has 1 aliphatic rings. The van der Waals surface area contributed by atoms with Crippen LogP contribution in [0.3, 0.4) is 0 Å². The van der Waals surface area contributed by atoms with Crippen molar-refractivity contribution in [2.75, 3.05) is 24.7 Å². The Morgan fingerprint density at radius 2 is 1.83 bits per heavy atom. The number of rotatable bonds is 7. The second-order valence-corrected chi connectivity index (χ2v) is 8.02. The molecule has 1 amide bonds. The molecule has 2 aromatic rings. The molecule has 0 spiro atoms. The Hall–Kier alpha value is -2.83. The molecule has 2 aromatic carbocycles. The molecule has 0 radical (unpaired) electrons. The van der Waals surface area contributed by atoms with Crippen molar-refractivity contribution < 1.29 is 9.90 Å². The van der Waals surface area contributed by atoms with Crippen molar-refractivity contribution in [2.24, 2.45) is 5.92 Å². The monoisotopic (exact) mass is 399 g/mol. The highest BCUT2D eigenvalue weighted by molar-refractivity contribution is 5.99. The number of hydrogen-bond acceptors (Lipinski definition) is 6. The van der Waals surface area contributed by atoms with Gasteiger partial charge in [0.1, 0.15) is 11.4 Å². The van der Waals surface area contributed by atoms with Gasteiger partial charge >= 0.3 is 0 Å². The van der Waals surface area contributed by atoms with Crippen molar-refractivity contribution in [3.8, 4) is 5.75 Å². The molecule has 1 fully saturated rings. The maximum Gasteiger partial charge on any atom is 0.257 e. The van der Waals surface area contributed by atoms with Crippen LogP contribution in [-0.2, 0) is 0 Å². The van der Waals surface area contributed by atoms with Gasteiger partial charge in [-0.3, -0.25) is 14.4 Å². The van der Waals surface area contributed by atoms with Crippen LogP contribution in [0.25, 0.3) is 0 Å². The molecular weight excluding hydrogens is 370 g/mol. The first-order valence-corrected chi connectivity index (χ1v) is 10.3. The molecular formula is C22H29N3O4. The van der Waals surface area contributed by atoms with Crippen LogP contribution in [0.5, 0.6) is 5.75 Å². The van der Waals surface area contributed by atoms with Gasteiger partial charge in [-0.2, -0.15) is 0 Å². The van der Waals surface area contributed by atoms with Gasteiger partial charge in [0.25, 0.3) is 16.8 Å². The molecule has 1 saturated carbocycles. The lowest BCUT2D eigenvalue weighted by Gasteiger charge is -2.33. The van der Waals surface area contributed by atoms with E-state index in [2.05, 4.69) is 17.6 Å². The van der Waals surface area contributed by atoms with E-state index in [-0.39, 0.29) is 40.3 Å². The summed E-state index contributed by atoms with van der Waals surface area (Å²) >= 11 is 0. The fourth-order valence-corrected chi connectivity index (χ4v) is 4.14. The zero-order valence-corrected chi connectivity index (χ0v) is 17.2. The molecule has 2 atom stereocenters. The fourth-order valence-electron chi connectivity index (χ4n) is 4.14. The van der Waals surface area contributed by atoms with Gasteiger partial charge < -0.3 is 20.6 Å². The second-order valence-electron chi connectivity index (χ2n) is 8.02. The van der Waals surface area contributed by atoms with Crippen LogP contribution in [0, 0.1) is 5.92 Å². The molecule has 0 bridgehead atoms. The average Bonchev–Trinajstić information content (AvgIpc) is 2.72. The number of carbonyl (C=O) groups is 1. The Morgan fingerprint density at radius 1 is 1.14 bits per heavy atom. The maximum atomic E-state index is 12.2. The number of phenolic OH excluding ortho intramolecular Hbond substituents is 1. The first-order chi connectivity index (χ1) is 13.8. The molecule has 7 heteroatoms. The highest BCUT2D eigenvalue weighted by atomic mass is 16.3. The summed E-state index contributed by atoms with van der Waals surface area (Å²) < 4.78 is 0. The fraction of sp³-hybridized carbons (Fsp3) is 0.500. The van der Waals surface area contributed by atoms with Gasteiger partial charge in [-0.05, 0) is 37.3 Å². The summed E-state index contributed by atoms with van der Waals surface area (Å²) in [6.07, 6.45) is 6.57. The third-order valence-corrected chi connectivity index (χ3v) is 5.74. The zero-order valence-electron chi connectivity index (χ0n) is 17.2. The summed E-state index contributed by atoms with van der Waals surface area (Å²) in [5.74, 6) is -0.105. The summed E-state index contributed by atoms with van der Waals surface area (Å²) in [6, 6.07) is 4.88. The van der Waals surface area contributed by atoms with Gasteiger partial charge in [0.2, 0.25) is 0 Å².